The number of thioether (sulfide) groups is 1. The van der Waals surface area contributed by atoms with Gasteiger partial charge in [0.2, 0.25) is 5.91 Å². The van der Waals surface area contributed by atoms with Crippen molar-refractivity contribution >= 4 is 17.7 Å². The van der Waals surface area contributed by atoms with Crippen LogP contribution < -0.4 is 16.8 Å². The van der Waals surface area contributed by atoms with Gasteiger partial charge in [-0.25, -0.2) is 10.8 Å². The highest BCUT2D eigenvalue weighted by atomic mass is 32.2. The molecule has 4 N–H and O–H groups in total. The van der Waals surface area contributed by atoms with Crippen LogP contribution in [0, 0.1) is 6.92 Å². The molecule has 1 heterocycles. The summed E-state index contributed by atoms with van der Waals surface area (Å²) in [7, 11) is 0. The predicted octanol–water partition coefficient (Wildman–Crippen LogP) is -0.0595. The number of carbonyl (C=O) groups excluding carboxylic acids is 1. The summed E-state index contributed by atoms with van der Waals surface area (Å²) in [6, 6.07) is 1.44. The average Bonchev–Trinajstić information content (AvgIpc) is 2.22. The molecule has 1 amide bonds. The lowest BCUT2D eigenvalue weighted by Crippen LogP contribution is -2.29. The lowest BCUT2D eigenvalue weighted by molar-refractivity contribution is -0.121. The molecule has 6 nitrogen and oxygen atoms in total. The van der Waals surface area contributed by atoms with Crippen molar-refractivity contribution < 1.29 is 4.79 Å². The van der Waals surface area contributed by atoms with Crippen LogP contribution in [0.2, 0.25) is 0 Å². The Bertz CT molecular complexity index is 418. The number of hydrogen-bond acceptors (Lipinski definition) is 5. The molecule has 1 aromatic heterocycles. The zero-order chi connectivity index (χ0) is 12.0. The van der Waals surface area contributed by atoms with Crippen LogP contribution in [0.1, 0.15) is 18.5 Å². The number of hydrogen-bond donors (Lipinski definition) is 3. The molecule has 0 atom stereocenters. The predicted molar refractivity (Wildman–Crippen MR) is 61.9 cm³/mol. The highest BCUT2D eigenvalue weighted by molar-refractivity contribution is 7.99. The van der Waals surface area contributed by atoms with Crippen molar-refractivity contribution in [2.75, 3.05) is 5.75 Å². The first-order valence-corrected chi connectivity index (χ1v) is 5.80. The molecule has 1 rings (SSSR count). The Morgan fingerprint density at radius 3 is 3.06 bits per heavy atom. The molecule has 0 aromatic carbocycles. The van der Waals surface area contributed by atoms with Gasteiger partial charge in [-0.05, 0) is 13.3 Å². The highest BCUT2D eigenvalue weighted by Gasteiger charge is 2.01. The molecule has 0 radical (unpaired) electrons. The van der Waals surface area contributed by atoms with Crippen molar-refractivity contribution in [3.05, 3.63) is 22.1 Å². The second kappa shape index (κ2) is 6.29. The number of amides is 1. The molecule has 0 aliphatic carbocycles. The quantitative estimate of drug-likeness (QED) is 0.168. The Morgan fingerprint density at radius 2 is 2.44 bits per heavy atom. The lowest BCUT2D eigenvalue weighted by Gasteiger charge is -2.01. The molecule has 0 spiro atoms. The minimum Gasteiger partial charge on any atom is -0.301 e. The molecule has 7 heteroatoms. The maximum atomic E-state index is 11.1. The summed E-state index contributed by atoms with van der Waals surface area (Å²) < 4.78 is 0. The number of nitrogens with two attached hydrogens (primary N) is 1. The van der Waals surface area contributed by atoms with Crippen LogP contribution in [0.25, 0.3) is 0 Å². The fraction of sp³-hybridized carbons (Fsp3) is 0.444. The number of aromatic nitrogens is 2. The van der Waals surface area contributed by atoms with Gasteiger partial charge in [-0.1, -0.05) is 11.8 Å². The van der Waals surface area contributed by atoms with Crippen molar-refractivity contribution in [1.82, 2.24) is 15.4 Å². The van der Waals surface area contributed by atoms with Gasteiger partial charge in [-0.2, -0.15) is 0 Å². The van der Waals surface area contributed by atoms with E-state index in [-0.39, 0.29) is 11.5 Å². The van der Waals surface area contributed by atoms with Crippen LogP contribution in [0.4, 0.5) is 0 Å². The fourth-order valence-electron chi connectivity index (χ4n) is 1.09. The maximum absolute atomic E-state index is 11.1. The SMILES string of the molecule is Cc1cc(=O)[nH]c(SCCCC(=O)NN)n1. The van der Waals surface area contributed by atoms with Gasteiger partial charge in [0.25, 0.3) is 5.56 Å². The molecule has 0 bridgehead atoms. The molecular formula is C9H14N4O2S. The van der Waals surface area contributed by atoms with Crippen LogP contribution in [0.15, 0.2) is 16.0 Å². The molecule has 88 valence electrons. The summed E-state index contributed by atoms with van der Waals surface area (Å²) in [5.41, 5.74) is 2.59. The van der Waals surface area contributed by atoms with E-state index in [4.69, 9.17) is 5.84 Å². The number of nitrogens with one attached hydrogen (secondary N) is 2. The summed E-state index contributed by atoms with van der Waals surface area (Å²) >= 11 is 1.41. The first kappa shape index (κ1) is 12.7. The molecule has 0 unspecified atom stereocenters. The van der Waals surface area contributed by atoms with E-state index >= 15 is 0 Å². The molecule has 1 aromatic rings. The minimum atomic E-state index is -0.189. The van der Waals surface area contributed by atoms with E-state index in [1.807, 2.05) is 0 Å². The van der Waals surface area contributed by atoms with Gasteiger partial charge in [-0.3, -0.25) is 15.0 Å². The Labute approximate surface area is 97.0 Å². The van der Waals surface area contributed by atoms with Gasteiger partial charge in [0, 0.05) is 23.9 Å². The number of H-pyrrole nitrogens is 1. The number of aryl methyl sites for hydroxylation is 1. The average molecular weight is 242 g/mol. The smallest absolute Gasteiger partial charge is 0.251 e. The standard InChI is InChI=1S/C9H14N4O2S/c1-6-5-8(15)12-9(11-6)16-4-2-3-7(14)13-10/h5H,2-4,10H2,1H3,(H,13,14)(H,11,12,15). The van der Waals surface area contributed by atoms with Gasteiger partial charge in [0.1, 0.15) is 0 Å². The van der Waals surface area contributed by atoms with E-state index in [2.05, 4.69) is 15.4 Å². The van der Waals surface area contributed by atoms with Crippen molar-refractivity contribution in [2.45, 2.75) is 24.9 Å². The lowest BCUT2D eigenvalue weighted by atomic mass is 10.3. The first-order chi connectivity index (χ1) is 7.61. The number of carbonyl (C=O) groups is 1. The number of hydrazine groups is 1. The molecule has 0 fully saturated rings. The Hall–Kier alpha value is -1.34. The van der Waals surface area contributed by atoms with Gasteiger partial charge < -0.3 is 4.98 Å². The van der Waals surface area contributed by atoms with Gasteiger partial charge in [0.15, 0.2) is 5.16 Å². The molecular weight excluding hydrogens is 228 g/mol. The van der Waals surface area contributed by atoms with Crippen molar-refractivity contribution in [3.63, 3.8) is 0 Å². The summed E-state index contributed by atoms with van der Waals surface area (Å²) in [6.45, 7) is 1.77. The Kier molecular flexibility index (Phi) is 5.00. The van der Waals surface area contributed by atoms with E-state index < -0.39 is 0 Å². The number of rotatable bonds is 5. The van der Waals surface area contributed by atoms with Gasteiger partial charge in [0.05, 0.1) is 0 Å². The zero-order valence-electron chi connectivity index (χ0n) is 8.95. The van der Waals surface area contributed by atoms with Crippen LogP contribution in [0.3, 0.4) is 0 Å². The zero-order valence-corrected chi connectivity index (χ0v) is 9.76. The number of nitrogens with zero attached hydrogens (tertiary/aromatic N) is 1. The van der Waals surface area contributed by atoms with Gasteiger partial charge in [-0.15, -0.1) is 0 Å². The summed E-state index contributed by atoms with van der Waals surface area (Å²) in [5.74, 6) is 5.46. The molecule has 0 saturated carbocycles. The highest BCUT2D eigenvalue weighted by Crippen LogP contribution is 2.12. The first-order valence-electron chi connectivity index (χ1n) is 4.82. The van der Waals surface area contributed by atoms with Crippen LogP contribution in [0.5, 0.6) is 0 Å². The number of aromatic amines is 1. The normalized spacial score (nSPS) is 10.1. The Morgan fingerprint density at radius 1 is 1.69 bits per heavy atom. The summed E-state index contributed by atoms with van der Waals surface area (Å²) in [6.07, 6.45) is 1.06. The molecule has 0 aliphatic heterocycles. The second-order valence-corrected chi connectivity index (χ2v) is 4.30. The summed E-state index contributed by atoms with van der Waals surface area (Å²) in [4.78, 5) is 28.7. The third-order valence-corrected chi connectivity index (χ3v) is 2.76. The largest absolute Gasteiger partial charge is 0.301 e. The van der Waals surface area contributed by atoms with E-state index in [0.29, 0.717) is 29.4 Å². The van der Waals surface area contributed by atoms with E-state index in [1.165, 1.54) is 17.8 Å². The maximum Gasteiger partial charge on any atom is 0.251 e. The fourth-order valence-corrected chi connectivity index (χ4v) is 1.96. The minimum absolute atomic E-state index is 0.158. The Balaban J connectivity index is 2.37. The molecule has 0 aliphatic rings. The van der Waals surface area contributed by atoms with Gasteiger partial charge >= 0.3 is 0 Å². The van der Waals surface area contributed by atoms with Crippen LogP contribution in [-0.2, 0) is 4.79 Å². The van der Waals surface area contributed by atoms with Crippen molar-refractivity contribution in [1.29, 1.82) is 0 Å². The monoisotopic (exact) mass is 242 g/mol. The van der Waals surface area contributed by atoms with E-state index in [9.17, 15) is 9.59 Å². The van der Waals surface area contributed by atoms with Crippen LogP contribution in [-0.4, -0.2) is 21.6 Å². The van der Waals surface area contributed by atoms with Crippen LogP contribution >= 0.6 is 11.8 Å². The topological polar surface area (TPSA) is 101 Å². The van der Waals surface area contributed by atoms with Crippen molar-refractivity contribution in [2.24, 2.45) is 5.84 Å². The second-order valence-electron chi connectivity index (χ2n) is 3.21. The van der Waals surface area contributed by atoms with Crippen molar-refractivity contribution in [3.8, 4) is 0 Å². The molecule has 16 heavy (non-hydrogen) atoms. The van der Waals surface area contributed by atoms with E-state index in [1.54, 1.807) is 6.92 Å². The molecule has 0 saturated heterocycles. The summed E-state index contributed by atoms with van der Waals surface area (Å²) in [5, 5.41) is 0.582. The third kappa shape index (κ3) is 4.45. The third-order valence-electron chi connectivity index (χ3n) is 1.80. The van der Waals surface area contributed by atoms with E-state index in [0.717, 1.165) is 0 Å².